The summed E-state index contributed by atoms with van der Waals surface area (Å²) in [5.41, 5.74) is 0. The minimum Gasteiger partial charge on any atom is -0.772 e. The zero-order valence-corrected chi connectivity index (χ0v) is 8.46. The van der Waals surface area contributed by atoms with Gasteiger partial charge in [0.2, 0.25) is 0 Å². The normalized spacial score (nSPS) is 26.7. The first-order valence-corrected chi connectivity index (χ1v) is 5.60. The van der Waals surface area contributed by atoms with Crippen molar-refractivity contribution in [3.63, 3.8) is 0 Å². The lowest BCUT2D eigenvalue weighted by Gasteiger charge is -2.31. The largest absolute Gasteiger partial charge is 0.772 e. The third-order valence-electron chi connectivity index (χ3n) is 2.53. The maximum absolute atomic E-state index is 10.6. The molecule has 0 saturated carbocycles. The molecule has 0 bridgehead atoms. The SMILES string of the molecule is C[C@@H]([C@H](O)C1CCOCC1)S(=O)[O-]. The van der Waals surface area contributed by atoms with Crippen molar-refractivity contribution in [1.82, 2.24) is 0 Å². The lowest BCUT2D eigenvalue weighted by atomic mass is 9.92. The van der Waals surface area contributed by atoms with Gasteiger partial charge in [-0.05, 0) is 36.8 Å². The van der Waals surface area contributed by atoms with Gasteiger partial charge in [0.05, 0.1) is 6.10 Å². The summed E-state index contributed by atoms with van der Waals surface area (Å²) in [4.78, 5) is 0. The molecule has 0 aromatic rings. The Morgan fingerprint density at radius 2 is 2.08 bits per heavy atom. The van der Waals surface area contributed by atoms with E-state index in [1.807, 2.05) is 0 Å². The lowest BCUT2D eigenvalue weighted by Crippen LogP contribution is -2.37. The number of rotatable bonds is 3. The molecule has 1 aliphatic rings. The molecule has 0 radical (unpaired) electrons. The molecule has 1 rings (SSSR count). The third-order valence-corrected chi connectivity index (χ3v) is 3.42. The van der Waals surface area contributed by atoms with Crippen LogP contribution >= 0.6 is 0 Å². The van der Waals surface area contributed by atoms with Crippen molar-refractivity contribution >= 4 is 11.1 Å². The van der Waals surface area contributed by atoms with Crippen molar-refractivity contribution < 1.29 is 18.6 Å². The molecule has 5 heteroatoms. The first-order chi connectivity index (χ1) is 6.13. The van der Waals surface area contributed by atoms with Crippen molar-refractivity contribution in [2.45, 2.75) is 31.1 Å². The van der Waals surface area contributed by atoms with Crippen LogP contribution < -0.4 is 0 Å². The van der Waals surface area contributed by atoms with Crippen molar-refractivity contribution in [3.05, 3.63) is 0 Å². The van der Waals surface area contributed by atoms with Gasteiger partial charge < -0.3 is 14.4 Å². The van der Waals surface area contributed by atoms with E-state index in [0.717, 1.165) is 12.8 Å². The molecule has 0 amide bonds. The molecule has 0 aromatic carbocycles. The van der Waals surface area contributed by atoms with E-state index in [1.54, 1.807) is 0 Å². The van der Waals surface area contributed by atoms with Gasteiger partial charge in [-0.15, -0.1) is 0 Å². The van der Waals surface area contributed by atoms with Gasteiger partial charge in [0.1, 0.15) is 0 Å². The molecule has 4 nitrogen and oxygen atoms in total. The Morgan fingerprint density at radius 3 is 2.54 bits per heavy atom. The summed E-state index contributed by atoms with van der Waals surface area (Å²) in [6.45, 7) is 2.78. The van der Waals surface area contributed by atoms with E-state index in [-0.39, 0.29) is 5.92 Å². The summed E-state index contributed by atoms with van der Waals surface area (Å²) in [5.74, 6) is 0.0710. The fourth-order valence-corrected chi connectivity index (χ4v) is 2.00. The Kier molecular flexibility index (Phi) is 4.31. The van der Waals surface area contributed by atoms with E-state index in [9.17, 15) is 13.9 Å². The molecule has 1 saturated heterocycles. The summed E-state index contributed by atoms with van der Waals surface area (Å²) in [6.07, 6.45) is 0.757. The van der Waals surface area contributed by atoms with Crippen LogP contribution in [0.15, 0.2) is 0 Å². The zero-order valence-electron chi connectivity index (χ0n) is 7.64. The molecule has 13 heavy (non-hydrogen) atoms. The highest BCUT2D eigenvalue weighted by Crippen LogP contribution is 2.22. The van der Waals surface area contributed by atoms with Gasteiger partial charge in [0.25, 0.3) is 0 Å². The summed E-state index contributed by atoms with van der Waals surface area (Å²) in [7, 11) is 0. The molecular weight excluding hydrogens is 192 g/mol. The maximum Gasteiger partial charge on any atom is 0.0699 e. The Hall–Kier alpha value is 0.0300. The molecule has 3 atom stereocenters. The monoisotopic (exact) mass is 207 g/mol. The van der Waals surface area contributed by atoms with Crippen LogP contribution in [0.25, 0.3) is 0 Å². The Balaban J connectivity index is 2.44. The van der Waals surface area contributed by atoms with Crippen LogP contribution in [0.5, 0.6) is 0 Å². The van der Waals surface area contributed by atoms with Gasteiger partial charge in [-0.1, -0.05) is 0 Å². The molecule has 0 aliphatic carbocycles. The van der Waals surface area contributed by atoms with Gasteiger partial charge in [0, 0.05) is 18.5 Å². The van der Waals surface area contributed by atoms with Crippen LogP contribution in [-0.2, 0) is 15.8 Å². The maximum atomic E-state index is 10.6. The topological polar surface area (TPSA) is 69.6 Å². The third kappa shape index (κ3) is 3.02. The van der Waals surface area contributed by atoms with Crippen LogP contribution in [0.3, 0.4) is 0 Å². The van der Waals surface area contributed by atoms with Crippen molar-refractivity contribution in [1.29, 1.82) is 0 Å². The quantitative estimate of drug-likeness (QED) is 0.663. The van der Waals surface area contributed by atoms with E-state index >= 15 is 0 Å². The fourth-order valence-electron chi connectivity index (χ4n) is 1.55. The predicted octanol–water partition coefficient (Wildman–Crippen LogP) is 0.0415. The minimum atomic E-state index is -2.18. The molecular formula is C8H15O4S-. The van der Waals surface area contributed by atoms with E-state index in [0.29, 0.717) is 13.2 Å². The highest BCUT2D eigenvalue weighted by atomic mass is 32.2. The van der Waals surface area contributed by atoms with Crippen molar-refractivity contribution in [2.75, 3.05) is 13.2 Å². The first kappa shape index (κ1) is 11.1. The second-order valence-corrected chi connectivity index (χ2v) is 4.67. The van der Waals surface area contributed by atoms with E-state index in [4.69, 9.17) is 4.74 Å². The first-order valence-electron chi connectivity index (χ1n) is 4.47. The van der Waals surface area contributed by atoms with Gasteiger partial charge >= 0.3 is 0 Å². The highest BCUT2D eigenvalue weighted by Gasteiger charge is 2.26. The second kappa shape index (κ2) is 5.05. The van der Waals surface area contributed by atoms with Crippen molar-refractivity contribution in [2.24, 2.45) is 5.92 Å². The van der Waals surface area contributed by atoms with Crippen LogP contribution in [0.4, 0.5) is 0 Å². The molecule has 1 fully saturated rings. The molecule has 78 valence electrons. The Morgan fingerprint density at radius 1 is 1.54 bits per heavy atom. The van der Waals surface area contributed by atoms with Gasteiger partial charge in [-0.2, -0.15) is 0 Å². The minimum absolute atomic E-state index is 0.0710. The summed E-state index contributed by atoms with van der Waals surface area (Å²) < 4.78 is 26.3. The number of ether oxygens (including phenoxy) is 1. The molecule has 0 aromatic heterocycles. The molecule has 1 N–H and O–H groups in total. The van der Waals surface area contributed by atoms with E-state index in [2.05, 4.69) is 0 Å². The summed E-state index contributed by atoms with van der Waals surface area (Å²) >= 11 is -2.18. The van der Waals surface area contributed by atoms with Crippen LogP contribution in [0, 0.1) is 5.92 Å². The average Bonchev–Trinajstić information content (AvgIpc) is 2.17. The van der Waals surface area contributed by atoms with Gasteiger partial charge in [-0.3, -0.25) is 4.21 Å². The Labute approximate surface area is 80.6 Å². The van der Waals surface area contributed by atoms with Crippen LogP contribution in [0.2, 0.25) is 0 Å². The standard InChI is InChI=1S/C8H16O4S/c1-6(13(10)11)8(9)7-2-4-12-5-3-7/h6-9H,2-5H2,1H3,(H,10,11)/p-1/t6-,8-/m0/s1. The highest BCUT2D eigenvalue weighted by molar-refractivity contribution is 7.79. The summed E-state index contributed by atoms with van der Waals surface area (Å²) in [6, 6.07) is 0. The number of hydrogen-bond acceptors (Lipinski definition) is 4. The predicted molar refractivity (Wildman–Crippen MR) is 47.9 cm³/mol. The molecule has 1 heterocycles. The van der Waals surface area contributed by atoms with E-state index < -0.39 is 22.4 Å². The zero-order chi connectivity index (χ0) is 9.84. The average molecular weight is 207 g/mol. The molecule has 1 unspecified atom stereocenters. The molecule has 1 aliphatic heterocycles. The molecule has 0 spiro atoms. The van der Waals surface area contributed by atoms with Crippen LogP contribution in [0.1, 0.15) is 19.8 Å². The number of hydrogen-bond donors (Lipinski definition) is 1. The van der Waals surface area contributed by atoms with Gasteiger partial charge in [-0.25, -0.2) is 0 Å². The smallest absolute Gasteiger partial charge is 0.0699 e. The Bertz CT molecular complexity index is 179. The number of aliphatic hydroxyl groups is 1. The lowest BCUT2D eigenvalue weighted by molar-refractivity contribution is 0.00798. The second-order valence-electron chi connectivity index (χ2n) is 3.41. The van der Waals surface area contributed by atoms with Crippen molar-refractivity contribution in [3.8, 4) is 0 Å². The van der Waals surface area contributed by atoms with Crippen LogP contribution in [-0.4, -0.2) is 38.4 Å². The summed E-state index contributed by atoms with van der Waals surface area (Å²) in [5, 5.41) is 8.99. The number of aliphatic hydroxyl groups excluding tert-OH is 1. The van der Waals surface area contributed by atoms with E-state index in [1.165, 1.54) is 6.92 Å². The van der Waals surface area contributed by atoms with Gasteiger partial charge in [0.15, 0.2) is 0 Å². The fraction of sp³-hybridized carbons (Fsp3) is 1.00.